The van der Waals surface area contributed by atoms with E-state index in [2.05, 4.69) is 0 Å². The maximum atomic E-state index is 13.9. The summed E-state index contributed by atoms with van der Waals surface area (Å²) in [5.74, 6) is -1.65. The van der Waals surface area contributed by atoms with E-state index >= 15 is 0 Å². The summed E-state index contributed by atoms with van der Waals surface area (Å²) >= 11 is 1.44. The van der Waals surface area contributed by atoms with Gasteiger partial charge in [-0.3, -0.25) is 4.79 Å². The van der Waals surface area contributed by atoms with Gasteiger partial charge in [0.25, 0.3) is 0 Å². The highest BCUT2D eigenvalue weighted by molar-refractivity contribution is 7.12. The molecule has 182 valence electrons. The van der Waals surface area contributed by atoms with Gasteiger partial charge in [0, 0.05) is 24.3 Å². The molecule has 4 heterocycles. The van der Waals surface area contributed by atoms with Gasteiger partial charge in [-0.25, -0.2) is 13.6 Å². The molecular weight excluding hydrogens is 472 g/mol. The van der Waals surface area contributed by atoms with Crippen molar-refractivity contribution >= 4 is 23.3 Å². The van der Waals surface area contributed by atoms with Gasteiger partial charge in [0.05, 0.1) is 18.0 Å². The highest BCUT2D eigenvalue weighted by Crippen LogP contribution is 2.37. The fourth-order valence-electron chi connectivity index (χ4n) is 5.28. The Bertz CT molecular complexity index is 1190. The number of ketones is 1. The molecule has 6 rings (SSSR count). The van der Waals surface area contributed by atoms with Crippen LogP contribution in [0, 0.1) is 17.6 Å². The van der Waals surface area contributed by atoms with Gasteiger partial charge in [-0.15, -0.1) is 11.3 Å². The predicted molar refractivity (Wildman–Crippen MR) is 127 cm³/mol. The zero-order chi connectivity index (χ0) is 24.4. The lowest BCUT2D eigenvalue weighted by Crippen LogP contribution is -2.65. The van der Waals surface area contributed by atoms with Crippen LogP contribution in [0.25, 0.3) is 0 Å². The lowest BCUT2D eigenvalue weighted by molar-refractivity contribution is -0.938. The van der Waals surface area contributed by atoms with Crippen LogP contribution >= 0.6 is 11.3 Å². The lowest BCUT2D eigenvalue weighted by atomic mass is 9.83. The molecule has 5 nitrogen and oxygen atoms in total. The standard InChI is InChI=1S/C27H26F2NO4S/c28-21-9-8-20(15-22(21)29)26(19-5-2-1-3-6-19)34-27(32)33-24-17-30(12-10-18(24)11-13-30)16-23(31)25-7-4-14-35-25/h1-9,14-15,18,24,26H,10-13,16-17H2/q+1/t18?,24-,26?,30?/m0/s1. The summed E-state index contributed by atoms with van der Waals surface area (Å²) in [5.41, 5.74) is 0.931. The maximum Gasteiger partial charge on any atom is 0.509 e. The number of carbonyl (C=O) groups is 2. The van der Waals surface area contributed by atoms with Crippen LogP contribution in [0.4, 0.5) is 13.6 Å². The molecule has 3 fully saturated rings. The van der Waals surface area contributed by atoms with E-state index < -0.39 is 23.9 Å². The molecule has 3 saturated heterocycles. The highest BCUT2D eigenvalue weighted by atomic mass is 32.1. The number of nitrogens with zero attached hydrogens (tertiary/aromatic N) is 1. The number of hydrogen-bond acceptors (Lipinski definition) is 5. The Kier molecular flexibility index (Phi) is 6.67. The molecule has 0 amide bonds. The van der Waals surface area contributed by atoms with Crippen molar-refractivity contribution in [1.82, 2.24) is 0 Å². The van der Waals surface area contributed by atoms with Crippen molar-refractivity contribution in [2.24, 2.45) is 5.92 Å². The summed E-state index contributed by atoms with van der Waals surface area (Å²) < 4.78 is 39.5. The summed E-state index contributed by atoms with van der Waals surface area (Å²) in [5, 5.41) is 1.90. The second-order valence-corrected chi connectivity index (χ2v) is 10.3. The number of benzene rings is 2. The van der Waals surface area contributed by atoms with E-state index in [4.69, 9.17) is 9.47 Å². The van der Waals surface area contributed by atoms with Crippen LogP contribution in [0.2, 0.25) is 0 Å². The lowest BCUT2D eigenvalue weighted by Gasteiger charge is -2.51. The number of halogens is 2. The van der Waals surface area contributed by atoms with Crippen molar-refractivity contribution in [1.29, 1.82) is 0 Å². The van der Waals surface area contributed by atoms with Crippen LogP contribution < -0.4 is 0 Å². The summed E-state index contributed by atoms with van der Waals surface area (Å²) in [4.78, 5) is 26.5. The average molecular weight is 499 g/mol. The Hall–Kier alpha value is -3.10. The number of carbonyl (C=O) groups excluding carboxylic acids is 2. The summed E-state index contributed by atoms with van der Waals surface area (Å²) in [6, 6.07) is 16.0. The number of quaternary nitrogens is 1. The smallest absolute Gasteiger partial charge is 0.425 e. The molecule has 2 atom stereocenters. The summed E-state index contributed by atoms with van der Waals surface area (Å²) in [6.07, 6.45) is -0.405. The third kappa shape index (κ3) is 5.13. The molecule has 0 N–H and O–H groups in total. The SMILES string of the molecule is O=C(OC(c1ccccc1)c1ccc(F)c(F)c1)O[C@H]1C[N+]2(CC(=O)c3cccs3)CCC1CC2. The van der Waals surface area contributed by atoms with Gasteiger partial charge in [-0.2, -0.15) is 0 Å². The van der Waals surface area contributed by atoms with Crippen molar-refractivity contribution in [3.8, 4) is 0 Å². The molecule has 3 aliphatic heterocycles. The third-order valence-electron chi connectivity index (χ3n) is 7.13. The first kappa shape index (κ1) is 23.6. The largest absolute Gasteiger partial charge is 0.509 e. The van der Waals surface area contributed by atoms with Gasteiger partial charge >= 0.3 is 6.16 Å². The van der Waals surface area contributed by atoms with Gasteiger partial charge in [0.2, 0.25) is 5.78 Å². The molecule has 8 heteroatoms. The topological polar surface area (TPSA) is 52.6 Å². The average Bonchev–Trinajstić information content (AvgIpc) is 3.41. The minimum atomic E-state index is -1.01. The monoisotopic (exact) mass is 498 g/mol. The van der Waals surface area contributed by atoms with E-state index in [9.17, 15) is 18.4 Å². The summed E-state index contributed by atoms with van der Waals surface area (Å²) in [6.45, 7) is 2.73. The van der Waals surface area contributed by atoms with Crippen molar-refractivity contribution in [3.05, 3.63) is 93.7 Å². The van der Waals surface area contributed by atoms with Gasteiger partial charge in [-0.1, -0.05) is 42.5 Å². The molecule has 0 radical (unpaired) electrons. The molecule has 0 spiro atoms. The van der Waals surface area contributed by atoms with Crippen LogP contribution in [-0.4, -0.2) is 48.7 Å². The van der Waals surface area contributed by atoms with Crippen LogP contribution in [0.1, 0.15) is 39.7 Å². The first-order valence-electron chi connectivity index (χ1n) is 11.7. The van der Waals surface area contributed by atoms with Gasteiger partial charge in [0.15, 0.2) is 23.8 Å². The highest BCUT2D eigenvalue weighted by Gasteiger charge is 2.49. The Morgan fingerprint density at radius 1 is 0.971 bits per heavy atom. The molecule has 2 bridgehead atoms. The normalized spacial score (nSPS) is 24.1. The number of Topliss-reactive ketones (excluding diaryl/α,β-unsaturated/α-hetero) is 1. The Balaban J connectivity index is 1.30. The molecule has 2 aromatic carbocycles. The van der Waals surface area contributed by atoms with E-state index in [0.717, 1.165) is 42.9 Å². The van der Waals surface area contributed by atoms with Gasteiger partial charge < -0.3 is 14.0 Å². The minimum Gasteiger partial charge on any atom is -0.425 e. The van der Waals surface area contributed by atoms with Crippen LogP contribution in [0.15, 0.2) is 66.0 Å². The van der Waals surface area contributed by atoms with Crippen molar-refractivity contribution in [2.75, 3.05) is 26.2 Å². The van der Waals surface area contributed by atoms with Crippen LogP contribution in [-0.2, 0) is 9.47 Å². The van der Waals surface area contributed by atoms with Crippen molar-refractivity contribution in [3.63, 3.8) is 0 Å². The number of fused-ring (bicyclic) bond motifs is 3. The molecule has 1 unspecified atom stereocenters. The summed E-state index contributed by atoms with van der Waals surface area (Å²) in [7, 11) is 0. The molecule has 0 saturated carbocycles. The number of ether oxygens (including phenoxy) is 2. The van der Waals surface area contributed by atoms with Crippen molar-refractivity contribution < 1.29 is 32.3 Å². The molecular formula is C27H26F2NO4S+. The van der Waals surface area contributed by atoms with E-state index in [1.165, 1.54) is 17.4 Å². The number of rotatable bonds is 7. The predicted octanol–water partition coefficient (Wildman–Crippen LogP) is 5.76. The maximum absolute atomic E-state index is 13.9. The quantitative estimate of drug-likeness (QED) is 0.236. The van der Waals surface area contributed by atoms with E-state index in [1.807, 2.05) is 23.6 Å². The Morgan fingerprint density at radius 3 is 2.43 bits per heavy atom. The molecule has 3 aliphatic rings. The Morgan fingerprint density at radius 2 is 1.74 bits per heavy atom. The fourth-order valence-corrected chi connectivity index (χ4v) is 5.93. The van der Waals surface area contributed by atoms with Crippen molar-refractivity contribution in [2.45, 2.75) is 25.0 Å². The first-order chi connectivity index (χ1) is 16.9. The first-order valence-corrected chi connectivity index (χ1v) is 12.6. The van der Waals surface area contributed by atoms with Gasteiger partial charge in [0.1, 0.15) is 13.1 Å². The molecule has 3 aromatic rings. The second-order valence-electron chi connectivity index (χ2n) is 9.36. The van der Waals surface area contributed by atoms with Crippen LogP contribution in [0.5, 0.6) is 0 Å². The zero-order valence-electron chi connectivity index (χ0n) is 19.1. The third-order valence-corrected chi connectivity index (χ3v) is 8.04. The van der Waals surface area contributed by atoms with Gasteiger partial charge in [-0.05, 0) is 29.1 Å². The molecule has 0 aliphatic carbocycles. The molecule has 1 aromatic heterocycles. The number of thiophene rings is 1. The Labute approximate surface area is 206 Å². The van der Waals surface area contributed by atoms with Crippen LogP contribution in [0.3, 0.4) is 0 Å². The number of hydrogen-bond donors (Lipinski definition) is 0. The molecule has 35 heavy (non-hydrogen) atoms. The fraction of sp³-hybridized carbons (Fsp3) is 0.333. The second kappa shape index (κ2) is 9.87. The van der Waals surface area contributed by atoms with E-state index in [0.29, 0.717) is 28.7 Å². The number of piperidine rings is 3. The minimum absolute atomic E-state index is 0.115. The van der Waals surface area contributed by atoms with E-state index in [1.54, 1.807) is 24.3 Å². The van der Waals surface area contributed by atoms with E-state index in [-0.39, 0.29) is 17.8 Å². The zero-order valence-corrected chi connectivity index (χ0v) is 19.9.